The molecular formula is C34H40N2O5. The highest BCUT2D eigenvalue weighted by Crippen LogP contribution is 2.66. The van der Waals surface area contributed by atoms with E-state index >= 15 is 0 Å². The topological polar surface area (TPSA) is 70.0 Å². The molecule has 1 amide bonds. The van der Waals surface area contributed by atoms with E-state index in [1.54, 1.807) is 0 Å². The van der Waals surface area contributed by atoms with Gasteiger partial charge in [-0.05, 0) is 80.5 Å². The van der Waals surface area contributed by atoms with Crippen molar-refractivity contribution in [3.05, 3.63) is 53.1 Å². The van der Waals surface area contributed by atoms with Crippen LogP contribution in [0.4, 0.5) is 0 Å². The number of esters is 1. The van der Waals surface area contributed by atoms with Gasteiger partial charge in [-0.15, -0.1) is 0 Å². The van der Waals surface area contributed by atoms with Crippen LogP contribution in [0, 0.1) is 5.41 Å². The molecule has 1 aromatic heterocycles. The van der Waals surface area contributed by atoms with Crippen LogP contribution >= 0.6 is 0 Å². The lowest BCUT2D eigenvalue weighted by Crippen LogP contribution is -2.45. The molecule has 1 saturated heterocycles. The molecular weight excluding hydrogens is 516 g/mol. The number of carbonyl (C=O) groups excluding carboxylic acids is 2. The van der Waals surface area contributed by atoms with Crippen molar-refractivity contribution in [2.24, 2.45) is 5.41 Å². The lowest BCUT2D eigenvalue weighted by molar-refractivity contribution is -0.141. The van der Waals surface area contributed by atoms with E-state index in [1.165, 1.54) is 54.1 Å². The molecule has 2 atom stereocenters. The zero-order valence-electron chi connectivity index (χ0n) is 24.4. The number of aromatic nitrogens is 1. The van der Waals surface area contributed by atoms with Crippen molar-refractivity contribution in [3.63, 3.8) is 0 Å². The summed E-state index contributed by atoms with van der Waals surface area (Å²) in [7, 11) is 1.43. The van der Waals surface area contributed by atoms with Gasteiger partial charge in [0.2, 0.25) is 5.91 Å². The van der Waals surface area contributed by atoms with Crippen LogP contribution in [-0.2, 0) is 20.8 Å². The number of fused-ring (bicyclic) bond motifs is 7. The van der Waals surface area contributed by atoms with Crippen LogP contribution in [0.25, 0.3) is 22.2 Å². The molecule has 0 N–H and O–H groups in total. The second-order valence-corrected chi connectivity index (χ2v) is 12.6. The van der Waals surface area contributed by atoms with Gasteiger partial charge in [0.25, 0.3) is 0 Å². The molecule has 0 spiro atoms. The van der Waals surface area contributed by atoms with E-state index in [0.717, 1.165) is 30.5 Å². The fourth-order valence-corrected chi connectivity index (χ4v) is 7.83. The van der Waals surface area contributed by atoms with Gasteiger partial charge >= 0.3 is 5.97 Å². The Labute approximate surface area is 241 Å². The predicted molar refractivity (Wildman–Crippen MR) is 157 cm³/mol. The van der Waals surface area contributed by atoms with Crippen LogP contribution in [-0.4, -0.2) is 60.9 Å². The maximum atomic E-state index is 14.4. The van der Waals surface area contributed by atoms with Crippen molar-refractivity contribution in [2.45, 2.75) is 76.9 Å². The van der Waals surface area contributed by atoms with Crippen LogP contribution in [0.1, 0.15) is 85.7 Å². The van der Waals surface area contributed by atoms with Crippen LogP contribution in [0.5, 0.6) is 5.75 Å². The van der Waals surface area contributed by atoms with Crippen LogP contribution < -0.4 is 4.74 Å². The van der Waals surface area contributed by atoms with Gasteiger partial charge in [-0.2, -0.15) is 0 Å². The molecule has 2 unspecified atom stereocenters. The lowest BCUT2D eigenvalue weighted by atomic mass is 9.81. The fourth-order valence-electron chi connectivity index (χ4n) is 7.83. The van der Waals surface area contributed by atoms with Crippen molar-refractivity contribution in [1.29, 1.82) is 0 Å². The Morgan fingerprint density at radius 3 is 2.54 bits per heavy atom. The summed E-state index contributed by atoms with van der Waals surface area (Å²) in [5, 5.41) is 1.20. The Kier molecular flexibility index (Phi) is 6.61. The normalized spacial score (nSPS) is 23.9. The van der Waals surface area contributed by atoms with Gasteiger partial charge in [0.1, 0.15) is 5.75 Å². The van der Waals surface area contributed by atoms with Crippen LogP contribution in [0.3, 0.4) is 0 Å². The molecule has 4 aliphatic rings. The maximum Gasteiger partial charge on any atom is 0.337 e. The highest BCUT2D eigenvalue weighted by molar-refractivity contribution is 6.00. The predicted octanol–water partition coefficient (Wildman–Crippen LogP) is 6.28. The summed E-state index contributed by atoms with van der Waals surface area (Å²) < 4.78 is 19.3. The zero-order chi connectivity index (χ0) is 28.3. The first-order chi connectivity index (χ1) is 19.9. The molecule has 0 radical (unpaired) electrons. The summed E-state index contributed by atoms with van der Waals surface area (Å²) in [4.78, 5) is 29.0. The number of hydrogen-bond acceptors (Lipinski definition) is 5. The van der Waals surface area contributed by atoms with Crippen molar-refractivity contribution in [3.8, 4) is 17.0 Å². The molecule has 3 heterocycles. The number of rotatable bonds is 5. The maximum absolute atomic E-state index is 14.4. The molecule has 2 aliphatic carbocycles. The van der Waals surface area contributed by atoms with E-state index in [1.807, 2.05) is 30.9 Å². The van der Waals surface area contributed by atoms with Gasteiger partial charge in [0.15, 0.2) is 0 Å². The van der Waals surface area contributed by atoms with Gasteiger partial charge in [-0.1, -0.05) is 25.3 Å². The molecule has 3 aromatic rings. The minimum atomic E-state index is -0.523. The second kappa shape index (κ2) is 10.2. The Hall–Kier alpha value is -3.32. The summed E-state index contributed by atoms with van der Waals surface area (Å²) in [6.07, 6.45) is 6.95. The first kappa shape index (κ1) is 26.6. The van der Waals surface area contributed by atoms with E-state index in [4.69, 9.17) is 14.2 Å². The largest absolute Gasteiger partial charge is 0.491 e. The van der Waals surface area contributed by atoms with E-state index < -0.39 is 5.41 Å². The first-order valence-electron chi connectivity index (χ1n) is 15.3. The quantitative estimate of drug-likeness (QED) is 0.346. The molecule has 41 heavy (non-hydrogen) atoms. The third-order valence-corrected chi connectivity index (χ3v) is 9.80. The van der Waals surface area contributed by atoms with E-state index in [9.17, 15) is 9.59 Å². The minimum absolute atomic E-state index is 0.0683. The SMILES string of the molecule is COC(=O)c1ccc2c(C3CCCCC3)c3n(c2c1)CC1(C(=O)N2CCOCC2)CC1c1cc(OC(C)C)ccc1-3. The standard InChI is InChI=1S/C34H40N2O5/c1-21(2)41-24-10-12-25-27(18-24)28-19-34(28,33(38)35-13-15-40-16-14-35)20-36-29-17-23(32(37)39-3)9-11-26(29)30(31(25)36)22-7-5-4-6-8-22/h9-12,17-18,21-22,28H,4-8,13-16,19-20H2,1-3H3. The molecule has 0 bridgehead atoms. The summed E-state index contributed by atoms with van der Waals surface area (Å²) in [6, 6.07) is 12.5. The third kappa shape index (κ3) is 4.35. The Morgan fingerprint density at radius 1 is 1.02 bits per heavy atom. The molecule has 2 aromatic carbocycles. The number of morpholine rings is 1. The second-order valence-electron chi connectivity index (χ2n) is 12.6. The Balaban J connectivity index is 1.47. The van der Waals surface area contributed by atoms with Crippen molar-refractivity contribution in [1.82, 2.24) is 9.47 Å². The summed E-state index contributed by atoms with van der Waals surface area (Å²) in [5.41, 5.74) is 6.07. The molecule has 7 nitrogen and oxygen atoms in total. The average Bonchev–Trinajstić information content (AvgIpc) is 3.67. The molecule has 3 fully saturated rings. The van der Waals surface area contributed by atoms with Gasteiger partial charge in [-0.25, -0.2) is 4.79 Å². The van der Waals surface area contributed by atoms with Crippen molar-refractivity contribution >= 4 is 22.8 Å². The molecule has 2 aliphatic heterocycles. The monoisotopic (exact) mass is 556 g/mol. The van der Waals surface area contributed by atoms with E-state index in [2.05, 4.69) is 28.8 Å². The molecule has 2 saturated carbocycles. The Morgan fingerprint density at radius 2 is 1.80 bits per heavy atom. The summed E-state index contributed by atoms with van der Waals surface area (Å²) in [6.45, 7) is 7.14. The molecule has 7 rings (SSSR count). The number of benzene rings is 2. The number of carbonyl (C=O) groups is 2. The molecule has 216 valence electrons. The Bertz CT molecular complexity index is 1510. The number of amides is 1. The number of nitrogens with zero attached hydrogens (tertiary/aromatic N) is 2. The van der Waals surface area contributed by atoms with E-state index in [0.29, 0.717) is 44.3 Å². The average molecular weight is 557 g/mol. The van der Waals surface area contributed by atoms with Gasteiger partial charge < -0.3 is 23.7 Å². The minimum Gasteiger partial charge on any atom is -0.491 e. The van der Waals surface area contributed by atoms with Gasteiger partial charge in [0, 0.05) is 42.0 Å². The van der Waals surface area contributed by atoms with Gasteiger partial charge in [-0.3, -0.25) is 4.79 Å². The highest BCUT2D eigenvalue weighted by atomic mass is 16.5. The first-order valence-corrected chi connectivity index (χ1v) is 15.3. The summed E-state index contributed by atoms with van der Waals surface area (Å²) >= 11 is 0. The lowest BCUT2D eigenvalue weighted by Gasteiger charge is -2.31. The zero-order valence-corrected chi connectivity index (χ0v) is 24.4. The fraction of sp³-hybridized carbons (Fsp3) is 0.529. The molecule has 7 heteroatoms. The third-order valence-electron chi connectivity index (χ3n) is 9.80. The van der Waals surface area contributed by atoms with Gasteiger partial charge in [0.05, 0.1) is 43.1 Å². The smallest absolute Gasteiger partial charge is 0.337 e. The number of ether oxygens (including phenoxy) is 3. The number of methoxy groups -OCH3 is 1. The van der Waals surface area contributed by atoms with Crippen LogP contribution in [0.15, 0.2) is 36.4 Å². The highest BCUT2D eigenvalue weighted by Gasteiger charge is 2.64. The van der Waals surface area contributed by atoms with Crippen molar-refractivity contribution < 1.29 is 23.8 Å². The van der Waals surface area contributed by atoms with Crippen molar-refractivity contribution in [2.75, 3.05) is 33.4 Å². The van der Waals surface area contributed by atoms with E-state index in [-0.39, 0.29) is 23.9 Å². The van der Waals surface area contributed by atoms with Crippen LogP contribution in [0.2, 0.25) is 0 Å². The summed E-state index contributed by atoms with van der Waals surface area (Å²) in [5.74, 6) is 1.32. The number of hydrogen-bond donors (Lipinski definition) is 0.